The van der Waals surface area contributed by atoms with Crippen LogP contribution in [0.1, 0.15) is 53.4 Å². The van der Waals surface area contributed by atoms with E-state index in [2.05, 4.69) is 49.9 Å². The topological polar surface area (TPSA) is 6.48 Å². The van der Waals surface area contributed by atoms with Crippen molar-refractivity contribution in [2.24, 2.45) is 0 Å². The summed E-state index contributed by atoms with van der Waals surface area (Å²) < 4.78 is 0. The van der Waals surface area contributed by atoms with Gasteiger partial charge in [0.1, 0.15) is 6.17 Å². The zero-order chi connectivity index (χ0) is 11.3. The summed E-state index contributed by atoms with van der Waals surface area (Å²) in [6, 6.07) is 0.616. The van der Waals surface area contributed by atoms with Gasteiger partial charge in [-0.1, -0.05) is 20.3 Å². The van der Waals surface area contributed by atoms with Gasteiger partial charge in [0.15, 0.2) is 0 Å². The van der Waals surface area contributed by atoms with E-state index in [1.54, 1.807) is 0 Å². The first-order valence-electron chi connectivity index (χ1n) is 6.42. The molecule has 0 saturated carbocycles. The molecule has 0 amide bonds. The molecule has 2 heteroatoms. The molecule has 1 heterocycles. The third-order valence-electron chi connectivity index (χ3n) is 3.05. The minimum Gasteiger partial charge on any atom is -0.356 e. The van der Waals surface area contributed by atoms with Gasteiger partial charge in [-0.15, -0.1) is 0 Å². The van der Waals surface area contributed by atoms with Gasteiger partial charge in [0.05, 0.1) is 0 Å². The lowest BCUT2D eigenvalue weighted by Crippen LogP contribution is -2.42. The summed E-state index contributed by atoms with van der Waals surface area (Å²) in [7, 11) is 0. The third-order valence-corrected chi connectivity index (χ3v) is 3.05. The molecule has 1 aliphatic rings. The van der Waals surface area contributed by atoms with Crippen molar-refractivity contribution in [1.29, 1.82) is 0 Å². The van der Waals surface area contributed by atoms with E-state index in [9.17, 15) is 0 Å². The standard InChI is InChI=1S/C13H26N2/c1-5-7-8-13-14(9-6-2)10-11-15(13)12(3)4/h10-13H,5-9H2,1-4H3. The van der Waals surface area contributed by atoms with E-state index in [4.69, 9.17) is 0 Å². The maximum absolute atomic E-state index is 2.50. The molecule has 0 aromatic rings. The van der Waals surface area contributed by atoms with Crippen molar-refractivity contribution in [2.75, 3.05) is 6.54 Å². The minimum absolute atomic E-state index is 0.616. The van der Waals surface area contributed by atoms with Crippen LogP contribution in [0.3, 0.4) is 0 Å². The Morgan fingerprint density at radius 2 is 1.87 bits per heavy atom. The summed E-state index contributed by atoms with van der Waals surface area (Å²) in [5.74, 6) is 0. The van der Waals surface area contributed by atoms with Gasteiger partial charge in [-0.25, -0.2) is 0 Å². The molecule has 0 bridgehead atoms. The van der Waals surface area contributed by atoms with E-state index in [1.807, 2.05) is 0 Å². The second-order valence-corrected chi connectivity index (χ2v) is 4.70. The largest absolute Gasteiger partial charge is 0.356 e. The molecule has 1 atom stereocenters. The van der Waals surface area contributed by atoms with Gasteiger partial charge in [0.2, 0.25) is 0 Å². The molecule has 0 N–H and O–H groups in total. The first-order chi connectivity index (χ1) is 7.20. The second kappa shape index (κ2) is 6.04. The highest BCUT2D eigenvalue weighted by molar-refractivity contribution is 4.98. The number of hydrogen-bond donors (Lipinski definition) is 0. The molecule has 0 aliphatic carbocycles. The Kier molecular flexibility index (Phi) is 5.00. The molecule has 1 unspecified atom stereocenters. The van der Waals surface area contributed by atoms with Crippen molar-refractivity contribution >= 4 is 0 Å². The smallest absolute Gasteiger partial charge is 0.101 e. The number of unbranched alkanes of at least 4 members (excludes halogenated alkanes) is 1. The predicted octanol–water partition coefficient (Wildman–Crippen LogP) is 3.41. The van der Waals surface area contributed by atoms with Crippen LogP contribution in [0.15, 0.2) is 12.4 Å². The highest BCUT2D eigenvalue weighted by atomic mass is 15.4. The van der Waals surface area contributed by atoms with E-state index in [-0.39, 0.29) is 0 Å². The zero-order valence-electron chi connectivity index (χ0n) is 10.7. The van der Waals surface area contributed by atoms with Gasteiger partial charge < -0.3 is 9.80 Å². The van der Waals surface area contributed by atoms with Crippen molar-refractivity contribution < 1.29 is 0 Å². The van der Waals surface area contributed by atoms with E-state index < -0.39 is 0 Å². The van der Waals surface area contributed by atoms with E-state index in [0.717, 1.165) is 0 Å². The van der Waals surface area contributed by atoms with Gasteiger partial charge in [0, 0.05) is 25.0 Å². The van der Waals surface area contributed by atoms with Crippen molar-refractivity contribution in [3.05, 3.63) is 12.4 Å². The molecule has 1 aliphatic heterocycles. The summed E-state index contributed by atoms with van der Waals surface area (Å²) >= 11 is 0. The fraction of sp³-hybridized carbons (Fsp3) is 0.846. The van der Waals surface area contributed by atoms with E-state index in [1.165, 1.54) is 32.2 Å². The van der Waals surface area contributed by atoms with Crippen LogP contribution < -0.4 is 0 Å². The number of nitrogens with zero attached hydrogens (tertiary/aromatic N) is 2. The summed E-state index contributed by atoms with van der Waals surface area (Å²) in [5, 5.41) is 0. The first kappa shape index (κ1) is 12.4. The van der Waals surface area contributed by atoms with Gasteiger partial charge in [0.25, 0.3) is 0 Å². The van der Waals surface area contributed by atoms with Crippen molar-refractivity contribution in [1.82, 2.24) is 9.80 Å². The predicted molar refractivity (Wildman–Crippen MR) is 66.4 cm³/mol. The van der Waals surface area contributed by atoms with Gasteiger partial charge >= 0.3 is 0 Å². The van der Waals surface area contributed by atoms with Crippen LogP contribution in [-0.4, -0.2) is 28.6 Å². The van der Waals surface area contributed by atoms with Gasteiger partial charge in [-0.3, -0.25) is 0 Å². The molecular weight excluding hydrogens is 184 g/mol. The Hall–Kier alpha value is -0.660. The average Bonchev–Trinajstić information content (AvgIpc) is 2.59. The normalized spacial score (nSPS) is 20.7. The Morgan fingerprint density at radius 3 is 2.40 bits per heavy atom. The SMILES string of the molecule is CCCCC1N(CCC)C=CN1C(C)C. The van der Waals surface area contributed by atoms with Gasteiger partial charge in [-0.2, -0.15) is 0 Å². The van der Waals surface area contributed by atoms with Crippen molar-refractivity contribution in [3.63, 3.8) is 0 Å². The Morgan fingerprint density at radius 1 is 1.13 bits per heavy atom. The van der Waals surface area contributed by atoms with Crippen molar-refractivity contribution in [2.45, 2.75) is 65.6 Å². The Bertz CT molecular complexity index is 199. The van der Waals surface area contributed by atoms with E-state index in [0.29, 0.717) is 12.2 Å². The first-order valence-corrected chi connectivity index (χ1v) is 6.42. The summed E-state index contributed by atoms with van der Waals surface area (Å²) in [6.45, 7) is 10.3. The Balaban J connectivity index is 2.55. The quantitative estimate of drug-likeness (QED) is 0.663. The average molecular weight is 210 g/mol. The molecule has 0 aromatic heterocycles. The van der Waals surface area contributed by atoms with Crippen LogP contribution >= 0.6 is 0 Å². The molecule has 0 spiro atoms. The van der Waals surface area contributed by atoms with Crippen LogP contribution in [0.4, 0.5) is 0 Å². The van der Waals surface area contributed by atoms with Crippen LogP contribution in [0.5, 0.6) is 0 Å². The lowest BCUT2D eigenvalue weighted by molar-refractivity contribution is 0.116. The zero-order valence-corrected chi connectivity index (χ0v) is 10.7. The molecule has 0 saturated heterocycles. The molecular formula is C13H26N2. The van der Waals surface area contributed by atoms with Crippen LogP contribution in [0, 0.1) is 0 Å². The number of rotatable bonds is 6. The Labute approximate surface area is 94.9 Å². The summed E-state index contributed by atoms with van der Waals surface area (Å²) in [4.78, 5) is 4.99. The fourth-order valence-corrected chi connectivity index (χ4v) is 2.23. The molecule has 0 aromatic carbocycles. The molecule has 0 radical (unpaired) electrons. The lowest BCUT2D eigenvalue weighted by atomic mass is 10.1. The van der Waals surface area contributed by atoms with E-state index >= 15 is 0 Å². The summed E-state index contributed by atoms with van der Waals surface area (Å²) in [6.07, 6.45) is 10.3. The van der Waals surface area contributed by atoms with Crippen LogP contribution in [0.2, 0.25) is 0 Å². The summed E-state index contributed by atoms with van der Waals surface area (Å²) in [5.41, 5.74) is 0. The minimum atomic E-state index is 0.616. The van der Waals surface area contributed by atoms with Crippen LogP contribution in [0.25, 0.3) is 0 Å². The van der Waals surface area contributed by atoms with Gasteiger partial charge in [-0.05, 0) is 33.1 Å². The highest BCUT2D eigenvalue weighted by Gasteiger charge is 2.26. The molecule has 15 heavy (non-hydrogen) atoms. The maximum Gasteiger partial charge on any atom is 0.101 e. The third kappa shape index (κ3) is 3.15. The molecule has 88 valence electrons. The second-order valence-electron chi connectivity index (χ2n) is 4.70. The molecule has 1 rings (SSSR count). The monoisotopic (exact) mass is 210 g/mol. The van der Waals surface area contributed by atoms with Crippen LogP contribution in [-0.2, 0) is 0 Å². The van der Waals surface area contributed by atoms with Crippen molar-refractivity contribution in [3.8, 4) is 0 Å². The molecule has 0 fully saturated rings. The maximum atomic E-state index is 2.50. The number of hydrogen-bond acceptors (Lipinski definition) is 2. The lowest BCUT2D eigenvalue weighted by Gasteiger charge is -2.35. The fourth-order valence-electron chi connectivity index (χ4n) is 2.23. The molecule has 2 nitrogen and oxygen atoms in total. The highest BCUT2D eigenvalue weighted by Crippen LogP contribution is 2.23.